The van der Waals surface area contributed by atoms with Crippen molar-refractivity contribution in [3.63, 3.8) is 0 Å². The van der Waals surface area contributed by atoms with Gasteiger partial charge in [-0.2, -0.15) is 0 Å². The lowest BCUT2D eigenvalue weighted by atomic mass is 9.90. The zero-order chi connectivity index (χ0) is 15.1. The maximum Gasteiger partial charge on any atom is 0.314 e. The molecule has 0 saturated carbocycles. The van der Waals surface area contributed by atoms with E-state index in [2.05, 4.69) is 10.6 Å². The zero-order valence-electron chi connectivity index (χ0n) is 12.7. The van der Waals surface area contributed by atoms with Gasteiger partial charge in [-0.05, 0) is 32.6 Å². The Morgan fingerprint density at radius 3 is 2.21 bits per heavy atom. The van der Waals surface area contributed by atoms with Crippen molar-refractivity contribution in [1.29, 1.82) is 0 Å². The molecule has 0 fully saturated rings. The molecule has 6 heteroatoms. The van der Waals surface area contributed by atoms with Gasteiger partial charge in [-0.25, -0.2) is 4.79 Å². The fraction of sp³-hybridized carbons (Fsp3) is 0.923. The Hall–Kier alpha value is -0.620. The number of carbonyl (C=O) groups excluding carboxylic acids is 1. The minimum atomic E-state index is -0.953. The zero-order valence-corrected chi connectivity index (χ0v) is 13.5. The first-order chi connectivity index (χ1) is 8.58. The topological polar surface area (TPSA) is 78.4 Å². The highest BCUT2D eigenvalue weighted by atomic mass is 32.2. The van der Waals surface area contributed by atoms with E-state index in [1.807, 2.05) is 34.6 Å². The molecule has 2 amide bonds. The number of rotatable bonds is 7. The van der Waals surface area contributed by atoms with Crippen LogP contribution >= 0.6 is 0 Å². The second kappa shape index (κ2) is 7.85. The first kappa shape index (κ1) is 18.4. The Morgan fingerprint density at radius 2 is 1.74 bits per heavy atom. The summed E-state index contributed by atoms with van der Waals surface area (Å²) in [5.74, 6) is 0.455. The molecule has 0 aromatic rings. The molecule has 114 valence electrons. The van der Waals surface area contributed by atoms with Crippen LogP contribution in [-0.4, -0.2) is 45.5 Å². The summed E-state index contributed by atoms with van der Waals surface area (Å²) in [4.78, 5) is 11.5. The van der Waals surface area contributed by atoms with Crippen molar-refractivity contribution in [2.45, 2.75) is 45.8 Å². The smallest absolute Gasteiger partial charge is 0.314 e. The number of nitrogens with one attached hydrogen (secondary N) is 2. The van der Waals surface area contributed by atoms with Gasteiger partial charge >= 0.3 is 6.03 Å². The van der Waals surface area contributed by atoms with Crippen LogP contribution < -0.4 is 10.6 Å². The molecule has 0 bridgehead atoms. The Morgan fingerprint density at radius 1 is 1.16 bits per heavy atom. The van der Waals surface area contributed by atoms with Crippen LogP contribution in [0.4, 0.5) is 4.79 Å². The van der Waals surface area contributed by atoms with Crippen LogP contribution in [0.3, 0.4) is 0 Å². The fourth-order valence-corrected chi connectivity index (χ4v) is 2.24. The second-order valence-electron chi connectivity index (χ2n) is 6.41. The lowest BCUT2D eigenvalue weighted by Gasteiger charge is -2.24. The molecule has 1 unspecified atom stereocenters. The largest absolute Gasteiger partial charge is 0.396 e. The van der Waals surface area contributed by atoms with E-state index in [4.69, 9.17) is 5.11 Å². The quantitative estimate of drug-likeness (QED) is 0.660. The van der Waals surface area contributed by atoms with Gasteiger partial charge in [0.25, 0.3) is 0 Å². The molecule has 0 aliphatic rings. The first-order valence-corrected chi connectivity index (χ1v) is 7.91. The van der Waals surface area contributed by atoms with Crippen molar-refractivity contribution in [3.8, 4) is 0 Å². The molecule has 0 aromatic carbocycles. The number of hydrogen-bond donors (Lipinski definition) is 3. The fourth-order valence-electron chi connectivity index (χ4n) is 1.34. The molecular formula is C13H28N2O3S. The average molecular weight is 292 g/mol. The summed E-state index contributed by atoms with van der Waals surface area (Å²) in [7, 11) is -0.953. The summed E-state index contributed by atoms with van der Waals surface area (Å²) in [6, 6.07) is -0.253. The van der Waals surface area contributed by atoms with Crippen LogP contribution in [0.25, 0.3) is 0 Å². The monoisotopic (exact) mass is 292 g/mol. The molecule has 19 heavy (non-hydrogen) atoms. The minimum Gasteiger partial charge on any atom is -0.396 e. The highest BCUT2D eigenvalue weighted by molar-refractivity contribution is 7.86. The van der Waals surface area contributed by atoms with Crippen LogP contribution in [-0.2, 0) is 10.8 Å². The van der Waals surface area contributed by atoms with Crippen molar-refractivity contribution >= 4 is 16.8 Å². The van der Waals surface area contributed by atoms with Gasteiger partial charge in [-0.15, -0.1) is 0 Å². The summed E-state index contributed by atoms with van der Waals surface area (Å²) < 4.78 is 11.5. The highest BCUT2D eigenvalue weighted by Gasteiger charge is 2.20. The Kier molecular flexibility index (Phi) is 7.59. The maximum atomic E-state index is 11.8. The molecule has 0 aromatic heterocycles. The van der Waals surface area contributed by atoms with Crippen LogP contribution in [0.5, 0.6) is 0 Å². The molecule has 0 aliphatic heterocycles. The summed E-state index contributed by atoms with van der Waals surface area (Å²) in [6.07, 6.45) is 0.640. The lowest BCUT2D eigenvalue weighted by molar-refractivity contribution is 0.201. The van der Waals surface area contributed by atoms with Gasteiger partial charge in [0.05, 0.1) is 0 Å². The third-order valence-electron chi connectivity index (χ3n) is 2.77. The van der Waals surface area contributed by atoms with Crippen LogP contribution in [0, 0.1) is 5.41 Å². The summed E-state index contributed by atoms with van der Waals surface area (Å²) >= 11 is 0. The van der Waals surface area contributed by atoms with Crippen molar-refractivity contribution in [1.82, 2.24) is 10.6 Å². The molecule has 3 N–H and O–H groups in total. The van der Waals surface area contributed by atoms with Gasteiger partial charge in [-0.3, -0.25) is 4.21 Å². The van der Waals surface area contributed by atoms with E-state index < -0.39 is 10.8 Å². The first-order valence-electron chi connectivity index (χ1n) is 6.59. The molecule has 0 spiro atoms. The summed E-state index contributed by atoms with van der Waals surface area (Å²) in [5.41, 5.74) is -0.125. The van der Waals surface area contributed by atoms with E-state index in [0.29, 0.717) is 25.3 Å². The standard InChI is InChI=1S/C13H28N2O3S/c1-12(2,3)19(18)9-7-14-11(17)15-10-13(4,5)6-8-16/h16H,6-10H2,1-5H3,(H2,14,15,17). The van der Waals surface area contributed by atoms with E-state index in [-0.39, 0.29) is 22.8 Å². The highest BCUT2D eigenvalue weighted by Crippen LogP contribution is 2.17. The number of aliphatic hydroxyl groups excluding tert-OH is 1. The molecule has 0 saturated heterocycles. The van der Waals surface area contributed by atoms with Crippen LogP contribution in [0.1, 0.15) is 41.0 Å². The van der Waals surface area contributed by atoms with Gasteiger partial charge in [0.2, 0.25) is 0 Å². The number of hydrogen-bond acceptors (Lipinski definition) is 3. The third kappa shape index (κ3) is 8.99. The predicted octanol–water partition coefficient (Wildman–Crippen LogP) is 1.24. The Labute approximate surface area is 119 Å². The van der Waals surface area contributed by atoms with E-state index >= 15 is 0 Å². The number of urea groups is 1. The Bertz CT molecular complexity index is 312. The number of amides is 2. The maximum absolute atomic E-state index is 11.8. The van der Waals surface area contributed by atoms with Crippen molar-refractivity contribution in [2.24, 2.45) is 5.41 Å². The van der Waals surface area contributed by atoms with Crippen molar-refractivity contribution in [3.05, 3.63) is 0 Å². The molecule has 0 rings (SSSR count). The predicted molar refractivity (Wildman–Crippen MR) is 79.6 cm³/mol. The molecule has 1 atom stereocenters. The number of carbonyl (C=O) groups is 1. The minimum absolute atomic E-state index is 0.112. The molecule has 0 radical (unpaired) electrons. The van der Waals surface area contributed by atoms with E-state index in [9.17, 15) is 9.00 Å². The Balaban J connectivity index is 3.86. The second-order valence-corrected chi connectivity index (χ2v) is 8.73. The van der Waals surface area contributed by atoms with E-state index in [1.165, 1.54) is 0 Å². The van der Waals surface area contributed by atoms with Crippen molar-refractivity contribution in [2.75, 3.05) is 25.4 Å². The van der Waals surface area contributed by atoms with Gasteiger partial charge in [0.1, 0.15) is 0 Å². The summed E-state index contributed by atoms with van der Waals surface area (Å²) in [6.45, 7) is 10.7. The molecule has 0 heterocycles. The van der Waals surface area contributed by atoms with Crippen LogP contribution in [0.15, 0.2) is 0 Å². The SMILES string of the molecule is CC(C)(CCO)CNC(=O)NCCS(=O)C(C)(C)C. The van der Waals surface area contributed by atoms with Gasteiger partial charge in [0.15, 0.2) is 0 Å². The summed E-state index contributed by atoms with van der Waals surface area (Å²) in [5, 5.41) is 14.3. The van der Waals surface area contributed by atoms with Gasteiger partial charge in [-0.1, -0.05) is 13.8 Å². The third-order valence-corrected chi connectivity index (χ3v) is 4.71. The number of aliphatic hydroxyl groups is 1. The normalized spacial score (nSPS) is 14.0. The van der Waals surface area contributed by atoms with Crippen molar-refractivity contribution < 1.29 is 14.1 Å². The van der Waals surface area contributed by atoms with Crippen LogP contribution in [0.2, 0.25) is 0 Å². The molecular weight excluding hydrogens is 264 g/mol. The van der Waals surface area contributed by atoms with Gasteiger partial charge < -0.3 is 15.7 Å². The molecule has 5 nitrogen and oxygen atoms in total. The lowest BCUT2D eigenvalue weighted by Crippen LogP contribution is -2.42. The average Bonchev–Trinajstić information content (AvgIpc) is 2.25. The van der Waals surface area contributed by atoms with E-state index in [1.54, 1.807) is 0 Å². The van der Waals surface area contributed by atoms with E-state index in [0.717, 1.165) is 0 Å². The van der Waals surface area contributed by atoms with Gasteiger partial charge in [0, 0.05) is 41.0 Å². The molecule has 0 aliphatic carbocycles.